The van der Waals surface area contributed by atoms with Crippen molar-refractivity contribution in [2.75, 3.05) is 6.54 Å². The first-order valence-corrected chi connectivity index (χ1v) is 9.74. The summed E-state index contributed by atoms with van der Waals surface area (Å²) in [6.07, 6.45) is 0.579. The van der Waals surface area contributed by atoms with Crippen molar-refractivity contribution < 1.29 is 9.53 Å². The van der Waals surface area contributed by atoms with E-state index in [1.165, 1.54) is 5.56 Å². The number of benzene rings is 1. The Morgan fingerprint density at radius 2 is 1.96 bits per heavy atom. The number of fused-ring (bicyclic) bond motifs is 1. The van der Waals surface area contributed by atoms with Crippen molar-refractivity contribution in [3.63, 3.8) is 0 Å². The molecule has 1 aliphatic rings. The van der Waals surface area contributed by atoms with Crippen LogP contribution in [0.4, 0.5) is 4.79 Å². The second-order valence-corrected chi connectivity index (χ2v) is 8.52. The molecule has 0 radical (unpaired) electrons. The summed E-state index contributed by atoms with van der Waals surface area (Å²) in [6.45, 7) is 10.9. The number of amides is 1. The van der Waals surface area contributed by atoms with Crippen LogP contribution in [0.15, 0.2) is 24.3 Å². The SMILES string of the molecule is CC(C)c1ccc(-n2nc(CC#N)c3c2CCN(C(=O)OC(C)(C)C)C3)cc1. The van der Waals surface area contributed by atoms with Crippen LogP contribution in [0.3, 0.4) is 0 Å². The molecule has 6 nitrogen and oxygen atoms in total. The maximum absolute atomic E-state index is 12.5. The maximum Gasteiger partial charge on any atom is 0.410 e. The highest BCUT2D eigenvalue weighted by Gasteiger charge is 2.30. The van der Waals surface area contributed by atoms with Crippen LogP contribution in [0.25, 0.3) is 5.69 Å². The van der Waals surface area contributed by atoms with Gasteiger partial charge in [-0.25, -0.2) is 9.48 Å². The van der Waals surface area contributed by atoms with Crippen molar-refractivity contribution in [2.24, 2.45) is 0 Å². The summed E-state index contributed by atoms with van der Waals surface area (Å²) in [5.74, 6) is 0.470. The number of ether oxygens (including phenoxy) is 1. The largest absolute Gasteiger partial charge is 0.444 e. The number of carbonyl (C=O) groups excluding carboxylic acids is 1. The van der Waals surface area contributed by atoms with Crippen LogP contribution >= 0.6 is 0 Å². The third-order valence-electron chi connectivity index (χ3n) is 4.84. The van der Waals surface area contributed by atoms with Crippen LogP contribution < -0.4 is 0 Å². The summed E-state index contributed by atoms with van der Waals surface area (Å²) in [6, 6.07) is 10.6. The molecule has 3 rings (SSSR count). The summed E-state index contributed by atoms with van der Waals surface area (Å²) >= 11 is 0. The van der Waals surface area contributed by atoms with E-state index in [9.17, 15) is 10.1 Å². The lowest BCUT2D eigenvalue weighted by Crippen LogP contribution is -2.40. The Morgan fingerprint density at radius 3 is 2.54 bits per heavy atom. The molecule has 1 amide bonds. The van der Waals surface area contributed by atoms with E-state index in [0.29, 0.717) is 25.4 Å². The zero-order valence-corrected chi connectivity index (χ0v) is 17.3. The molecule has 0 aliphatic carbocycles. The van der Waals surface area contributed by atoms with E-state index in [1.807, 2.05) is 25.5 Å². The summed E-state index contributed by atoms with van der Waals surface area (Å²) in [5, 5.41) is 13.9. The molecular formula is C22H28N4O2. The lowest BCUT2D eigenvalue weighted by molar-refractivity contribution is 0.0222. The average Bonchev–Trinajstić information content (AvgIpc) is 2.98. The highest BCUT2D eigenvalue weighted by Crippen LogP contribution is 2.27. The Kier molecular flexibility index (Phi) is 5.46. The molecule has 1 aliphatic heterocycles. The number of rotatable bonds is 3. The van der Waals surface area contributed by atoms with Crippen molar-refractivity contribution in [1.29, 1.82) is 5.26 Å². The first-order chi connectivity index (χ1) is 13.2. The van der Waals surface area contributed by atoms with Gasteiger partial charge < -0.3 is 9.64 Å². The third-order valence-corrected chi connectivity index (χ3v) is 4.84. The Morgan fingerprint density at radius 1 is 1.29 bits per heavy atom. The standard InChI is InChI=1S/C22H28N4O2/c1-15(2)16-6-8-17(9-7-16)26-20-11-13-25(21(27)28-22(3,4)5)14-18(20)19(24-26)10-12-23/h6-9,15H,10-11,13-14H2,1-5H3. The number of nitrogens with zero attached hydrogens (tertiary/aromatic N) is 4. The smallest absolute Gasteiger partial charge is 0.410 e. The minimum absolute atomic E-state index is 0.224. The van der Waals surface area contributed by atoms with Gasteiger partial charge in [-0.05, 0) is 44.4 Å². The second kappa shape index (κ2) is 7.67. The average molecular weight is 380 g/mol. The fourth-order valence-electron chi connectivity index (χ4n) is 3.40. The normalized spacial score (nSPS) is 14.0. The summed E-state index contributed by atoms with van der Waals surface area (Å²) in [5.41, 5.74) is 4.50. The number of hydrogen-bond acceptors (Lipinski definition) is 4. The molecule has 6 heteroatoms. The summed E-state index contributed by atoms with van der Waals surface area (Å²) in [4.78, 5) is 14.2. The van der Waals surface area contributed by atoms with E-state index in [4.69, 9.17) is 9.84 Å². The van der Waals surface area contributed by atoms with E-state index >= 15 is 0 Å². The van der Waals surface area contributed by atoms with Gasteiger partial charge in [0, 0.05) is 18.5 Å². The first-order valence-electron chi connectivity index (χ1n) is 9.74. The number of hydrogen-bond donors (Lipinski definition) is 0. The quantitative estimate of drug-likeness (QED) is 0.793. The van der Waals surface area contributed by atoms with Gasteiger partial charge in [0.25, 0.3) is 0 Å². The van der Waals surface area contributed by atoms with Gasteiger partial charge in [-0.1, -0.05) is 26.0 Å². The highest BCUT2D eigenvalue weighted by molar-refractivity contribution is 5.68. The van der Waals surface area contributed by atoms with E-state index < -0.39 is 5.60 Å². The van der Waals surface area contributed by atoms with E-state index in [0.717, 1.165) is 22.6 Å². The molecule has 2 heterocycles. The maximum atomic E-state index is 12.5. The van der Waals surface area contributed by atoms with Gasteiger partial charge in [-0.2, -0.15) is 10.4 Å². The third kappa shape index (κ3) is 4.19. The van der Waals surface area contributed by atoms with Gasteiger partial charge in [-0.3, -0.25) is 0 Å². The molecule has 0 saturated carbocycles. The minimum atomic E-state index is -0.533. The molecule has 0 bridgehead atoms. The van der Waals surface area contributed by atoms with Gasteiger partial charge >= 0.3 is 6.09 Å². The van der Waals surface area contributed by atoms with Crippen LogP contribution in [0, 0.1) is 11.3 Å². The molecule has 0 fully saturated rings. The lowest BCUT2D eigenvalue weighted by atomic mass is 10.0. The molecule has 2 aromatic rings. The second-order valence-electron chi connectivity index (χ2n) is 8.52. The molecule has 148 valence electrons. The fourth-order valence-corrected chi connectivity index (χ4v) is 3.40. The molecule has 0 unspecified atom stereocenters. The lowest BCUT2D eigenvalue weighted by Gasteiger charge is -2.30. The molecule has 0 spiro atoms. The summed E-state index contributed by atoms with van der Waals surface area (Å²) < 4.78 is 7.44. The monoisotopic (exact) mass is 380 g/mol. The van der Waals surface area contributed by atoms with E-state index in [1.54, 1.807) is 4.90 Å². The predicted molar refractivity (Wildman–Crippen MR) is 107 cm³/mol. The predicted octanol–water partition coefficient (Wildman–Crippen LogP) is 4.35. The van der Waals surface area contributed by atoms with Crippen LogP contribution in [-0.2, 0) is 24.1 Å². The fraction of sp³-hybridized carbons (Fsp3) is 0.500. The zero-order valence-electron chi connectivity index (χ0n) is 17.3. The molecule has 0 saturated heterocycles. The first kappa shape index (κ1) is 19.9. The minimum Gasteiger partial charge on any atom is -0.444 e. The number of nitriles is 1. The Balaban J connectivity index is 1.92. The van der Waals surface area contributed by atoms with Crippen molar-refractivity contribution in [3.8, 4) is 11.8 Å². The Bertz CT molecular complexity index is 898. The van der Waals surface area contributed by atoms with Gasteiger partial charge in [0.15, 0.2) is 0 Å². The summed E-state index contributed by atoms with van der Waals surface area (Å²) in [7, 11) is 0. The highest BCUT2D eigenvalue weighted by atomic mass is 16.6. The topological polar surface area (TPSA) is 71.2 Å². The molecule has 0 N–H and O–H groups in total. The van der Waals surface area contributed by atoms with Crippen molar-refractivity contribution in [2.45, 2.75) is 65.5 Å². The van der Waals surface area contributed by atoms with Crippen molar-refractivity contribution in [3.05, 3.63) is 46.8 Å². The van der Waals surface area contributed by atoms with E-state index in [2.05, 4.69) is 44.2 Å². The van der Waals surface area contributed by atoms with Gasteiger partial charge in [0.05, 0.1) is 36.1 Å². The molecule has 28 heavy (non-hydrogen) atoms. The molecule has 1 aromatic carbocycles. The number of aromatic nitrogens is 2. The van der Waals surface area contributed by atoms with Gasteiger partial charge in [0.1, 0.15) is 5.60 Å². The molecular weight excluding hydrogens is 352 g/mol. The molecule has 1 aromatic heterocycles. The van der Waals surface area contributed by atoms with Crippen molar-refractivity contribution in [1.82, 2.24) is 14.7 Å². The van der Waals surface area contributed by atoms with Crippen LogP contribution in [-0.4, -0.2) is 32.9 Å². The Hall–Kier alpha value is -2.81. The molecule has 0 atom stereocenters. The number of carbonyl (C=O) groups is 1. The zero-order chi connectivity index (χ0) is 20.5. The van der Waals surface area contributed by atoms with E-state index in [-0.39, 0.29) is 12.5 Å². The van der Waals surface area contributed by atoms with Crippen molar-refractivity contribution >= 4 is 6.09 Å². The van der Waals surface area contributed by atoms with Gasteiger partial charge in [0.2, 0.25) is 0 Å². The van der Waals surface area contributed by atoms with Crippen LogP contribution in [0.1, 0.15) is 63.1 Å². The van der Waals surface area contributed by atoms with Crippen LogP contribution in [0.2, 0.25) is 0 Å². The van der Waals surface area contributed by atoms with Gasteiger partial charge in [-0.15, -0.1) is 0 Å². The Labute approximate surface area is 166 Å². The van der Waals surface area contributed by atoms with Crippen LogP contribution in [0.5, 0.6) is 0 Å².